The van der Waals surface area contributed by atoms with E-state index in [9.17, 15) is 4.21 Å². The van der Waals surface area contributed by atoms with Crippen LogP contribution in [0.25, 0.3) is 0 Å². The fraction of sp³-hybridized carbons (Fsp3) is 0.143. The average Bonchev–Trinajstić information content (AvgIpc) is 2.33. The van der Waals surface area contributed by atoms with Crippen molar-refractivity contribution in [2.24, 2.45) is 0 Å². The number of benzene rings is 2. The summed E-state index contributed by atoms with van der Waals surface area (Å²) >= 11 is 6.14. The summed E-state index contributed by atoms with van der Waals surface area (Å²) < 4.78 is 12.2. The van der Waals surface area contributed by atoms with Gasteiger partial charge in [-0.1, -0.05) is 35.9 Å². The summed E-state index contributed by atoms with van der Waals surface area (Å²) in [6, 6.07) is 13.0. The Kier molecular flexibility index (Phi) is 4.04. The predicted molar refractivity (Wildman–Crippen MR) is 77.2 cm³/mol. The third kappa shape index (κ3) is 2.92. The van der Waals surface area contributed by atoms with Gasteiger partial charge in [-0.3, -0.25) is 4.21 Å². The number of para-hydroxylation sites is 1. The third-order valence-corrected chi connectivity index (χ3v) is 4.45. The van der Waals surface area contributed by atoms with Gasteiger partial charge in [0.15, 0.2) is 0 Å². The molecule has 0 saturated heterocycles. The first-order chi connectivity index (χ1) is 8.58. The van der Waals surface area contributed by atoms with Crippen LogP contribution >= 0.6 is 11.6 Å². The van der Waals surface area contributed by atoms with Crippen LogP contribution in [0.5, 0.6) is 0 Å². The molecule has 18 heavy (non-hydrogen) atoms. The number of halogens is 1. The van der Waals surface area contributed by atoms with Crippen molar-refractivity contribution in [1.82, 2.24) is 0 Å². The Bertz CT molecular complexity index is 598. The van der Waals surface area contributed by atoms with Crippen LogP contribution < -0.4 is 5.73 Å². The summed E-state index contributed by atoms with van der Waals surface area (Å²) in [5, 5.41) is 0.651. The van der Waals surface area contributed by atoms with Crippen LogP contribution in [0.3, 0.4) is 0 Å². The van der Waals surface area contributed by atoms with Crippen molar-refractivity contribution in [3.05, 3.63) is 58.6 Å². The molecule has 0 aliphatic carbocycles. The zero-order chi connectivity index (χ0) is 13.1. The highest BCUT2D eigenvalue weighted by Crippen LogP contribution is 2.23. The molecule has 0 amide bonds. The van der Waals surface area contributed by atoms with E-state index in [1.807, 2.05) is 37.3 Å². The minimum atomic E-state index is -1.17. The lowest BCUT2D eigenvalue weighted by Crippen LogP contribution is -2.01. The lowest BCUT2D eigenvalue weighted by atomic mass is 10.2. The van der Waals surface area contributed by atoms with Gasteiger partial charge >= 0.3 is 0 Å². The Morgan fingerprint density at radius 3 is 2.61 bits per heavy atom. The highest BCUT2D eigenvalue weighted by Gasteiger charge is 2.10. The van der Waals surface area contributed by atoms with E-state index in [1.165, 1.54) is 0 Å². The SMILES string of the molecule is Cc1ccc(CS(=O)c2ccccc2N)c(Cl)c1. The summed E-state index contributed by atoms with van der Waals surface area (Å²) in [4.78, 5) is 0.661. The number of nitrogens with two attached hydrogens (primary N) is 1. The second-order valence-corrected chi connectivity index (χ2v) is 5.95. The summed E-state index contributed by atoms with van der Waals surface area (Å²) in [6.45, 7) is 1.97. The fourth-order valence-corrected chi connectivity index (χ4v) is 3.31. The number of aryl methyl sites for hydroxylation is 1. The van der Waals surface area contributed by atoms with Gasteiger partial charge in [0.05, 0.1) is 21.4 Å². The fourth-order valence-electron chi connectivity index (χ4n) is 1.68. The maximum Gasteiger partial charge on any atom is 0.0620 e. The molecule has 0 fully saturated rings. The summed E-state index contributed by atoms with van der Waals surface area (Å²) in [5.41, 5.74) is 8.34. The molecular weight excluding hydrogens is 266 g/mol. The van der Waals surface area contributed by atoms with E-state index in [-0.39, 0.29) is 0 Å². The van der Waals surface area contributed by atoms with Gasteiger partial charge in [-0.25, -0.2) is 0 Å². The highest BCUT2D eigenvalue weighted by atomic mass is 35.5. The monoisotopic (exact) mass is 279 g/mol. The quantitative estimate of drug-likeness (QED) is 0.874. The van der Waals surface area contributed by atoms with E-state index in [4.69, 9.17) is 17.3 Å². The van der Waals surface area contributed by atoms with Crippen LogP contribution in [0.4, 0.5) is 5.69 Å². The van der Waals surface area contributed by atoms with Crippen LogP contribution in [0.1, 0.15) is 11.1 Å². The highest BCUT2D eigenvalue weighted by molar-refractivity contribution is 7.84. The molecule has 4 heteroatoms. The van der Waals surface area contributed by atoms with Gasteiger partial charge in [0.2, 0.25) is 0 Å². The van der Waals surface area contributed by atoms with Crippen molar-refractivity contribution in [2.75, 3.05) is 5.73 Å². The van der Waals surface area contributed by atoms with Crippen molar-refractivity contribution >= 4 is 28.1 Å². The minimum Gasteiger partial charge on any atom is -0.398 e. The Hall–Kier alpha value is -1.32. The average molecular weight is 280 g/mol. The van der Waals surface area contributed by atoms with Gasteiger partial charge in [-0.05, 0) is 36.2 Å². The van der Waals surface area contributed by atoms with Crippen molar-refractivity contribution < 1.29 is 4.21 Å². The molecule has 1 unspecified atom stereocenters. The van der Waals surface area contributed by atoms with Crippen molar-refractivity contribution in [3.63, 3.8) is 0 Å². The van der Waals surface area contributed by atoms with Crippen LogP contribution in [0, 0.1) is 6.92 Å². The molecule has 1 atom stereocenters. The number of rotatable bonds is 3. The smallest absolute Gasteiger partial charge is 0.0620 e. The summed E-state index contributed by atoms with van der Waals surface area (Å²) in [5.74, 6) is 0.382. The van der Waals surface area contributed by atoms with E-state index < -0.39 is 10.8 Å². The molecule has 2 N–H and O–H groups in total. The Morgan fingerprint density at radius 1 is 1.22 bits per heavy atom. The Morgan fingerprint density at radius 2 is 1.94 bits per heavy atom. The van der Waals surface area contributed by atoms with Crippen molar-refractivity contribution in [2.45, 2.75) is 17.6 Å². The molecule has 0 aliphatic heterocycles. The minimum absolute atomic E-state index is 0.382. The zero-order valence-electron chi connectivity index (χ0n) is 10.0. The summed E-state index contributed by atoms with van der Waals surface area (Å²) in [7, 11) is -1.17. The standard InChI is InChI=1S/C14H14ClNOS/c1-10-6-7-11(12(15)8-10)9-18(17)14-5-3-2-4-13(14)16/h2-8H,9,16H2,1H3. The molecule has 0 radical (unpaired) electrons. The first-order valence-electron chi connectivity index (χ1n) is 5.56. The van der Waals surface area contributed by atoms with E-state index in [2.05, 4.69) is 0 Å². The van der Waals surface area contributed by atoms with E-state index >= 15 is 0 Å². The maximum absolute atomic E-state index is 12.2. The summed E-state index contributed by atoms with van der Waals surface area (Å²) in [6.07, 6.45) is 0. The topological polar surface area (TPSA) is 43.1 Å². The van der Waals surface area contributed by atoms with Gasteiger partial charge in [0, 0.05) is 10.7 Å². The number of nitrogen functional groups attached to an aromatic ring is 1. The van der Waals surface area contributed by atoms with Crippen molar-refractivity contribution in [1.29, 1.82) is 0 Å². The molecule has 2 rings (SSSR count). The first-order valence-corrected chi connectivity index (χ1v) is 7.25. The maximum atomic E-state index is 12.2. The molecule has 0 aromatic heterocycles. The largest absolute Gasteiger partial charge is 0.398 e. The molecular formula is C14H14ClNOS. The lowest BCUT2D eigenvalue weighted by Gasteiger charge is -2.07. The molecule has 2 aromatic carbocycles. The van der Waals surface area contributed by atoms with Gasteiger partial charge in [0.1, 0.15) is 0 Å². The van der Waals surface area contributed by atoms with Crippen LogP contribution in [-0.2, 0) is 16.6 Å². The second kappa shape index (κ2) is 5.55. The zero-order valence-corrected chi connectivity index (χ0v) is 11.6. The van der Waals surface area contributed by atoms with E-state index in [0.29, 0.717) is 21.4 Å². The van der Waals surface area contributed by atoms with E-state index in [0.717, 1.165) is 11.1 Å². The Balaban J connectivity index is 2.24. The molecule has 0 bridgehead atoms. The third-order valence-electron chi connectivity index (χ3n) is 2.66. The van der Waals surface area contributed by atoms with Crippen LogP contribution in [-0.4, -0.2) is 4.21 Å². The van der Waals surface area contributed by atoms with E-state index in [1.54, 1.807) is 12.1 Å². The normalized spacial score (nSPS) is 12.3. The lowest BCUT2D eigenvalue weighted by molar-refractivity contribution is 0.683. The first kappa shape index (κ1) is 13.1. The molecule has 2 aromatic rings. The Labute approximate surface area is 114 Å². The second-order valence-electron chi connectivity index (χ2n) is 4.12. The van der Waals surface area contributed by atoms with Crippen LogP contribution in [0.2, 0.25) is 5.02 Å². The number of hydrogen-bond acceptors (Lipinski definition) is 2. The number of anilines is 1. The molecule has 0 spiro atoms. The molecule has 0 aliphatic rings. The molecule has 0 heterocycles. The van der Waals surface area contributed by atoms with Crippen LogP contribution in [0.15, 0.2) is 47.4 Å². The predicted octanol–water partition coefficient (Wildman–Crippen LogP) is 3.54. The molecule has 94 valence electrons. The number of hydrogen-bond donors (Lipinski definition) is 1. The van der Waals surface area contributed by atoms with Gasteiger partial charge < -0.3 is 5.73 Å². The van der Waals surface area contributed by atoms with Gasteiger partial charge in [0.25, 0.3) is 0 Å². The molecule has 2 nitrogen and oxygen atoms in total. The van der Waals surface area contributed by atoms with Crippen molar-refractivity contribution in [3.8, 4) is 0 Å². The van der Waals surface area contributed by atoms with Gasteiger partial charge in [-0.15, -0.1) is 0 Å². The molecule has 0 saturated carbocycles. The van der Waals surface area contributed by atoms with Gasteiger partial charge in [-0.2, -0.15) is 0 Å².